The van der Waals surface area contributed by atoms with Gasteiger partial charge in [0.25, 0.3) is 6.43 Å². The van der Waals surface area contributed by atoms with Crippen molar-refractivity contribution in [2.24, 2.45) is 0 Å². The van der Waals surface area contributed by atoms with Crippen molar-refractivity contribution < 1.29 is 13.9 Å². The highest BCUT2D eigenvalue weighted by Crippen LogP contribution is 2.32. The Hall–Kier alpha value is -0.780. The normalized spacial score (nSPS) is 13.7. The number of aromatic nitrogens is 1. The van der Waals surface area contributed by atoms with Gasteiger partial charge in [-0.1, -0.05) is 11.6 Å². The van der Waals surface area contributed by atoms with Crippen LogP contribution in [0.5, 0.6) is 0 Å². The predicted molar refractivity (Wildman–Crippen MR) is 55.6 cm³/mol. The molecular formula is C9H6ClF2NOS. The second-order valence-electron chi connectivity index (χ2n) is 2.95. The molecule has 0 saturated carbocycles. The minimum atomic E-state index is -2.78. The maximum Gasteiger partial charge on any atom is 0.269 e. The third kappa shape index (κ3) is 2.09. The van der Waals surface area contributed by atoms with Gasteiger partial charge in [0.2, 0.25) is 0 Å². The lowest BCUT2D eigenvalue weighted by molar-refractivity contribution is -0.00365. The van der Waals surface area contributed by atoms with Crippen molar-refractivity contribution in [3.05, 3.63) is 28.2 Å². The summed E-state index contributed by atoms with van der Waals surface area (Å²) in [6.45, 7) is 0. The Morgan fingerprint density at radius 2 is 2.13 bits per heavy atom. The smallest absolute Gasteiger partial charge is 0.269 e. The van der Waals surface area contributed by atoms with E-state index in [0.29, 0.717) is 10.7 Å². The van der Waals surface area contributed by atoms with Gasteiger partial charge < -0.3 is 5.11 Å². The lowest BCUT2D eigenvalue weighted by Gasteiger charge is -2.04. The highest BCUT2D eigenvalue weighted by Gasteiger charge is 2.21. The summed E-state index contributed by atoms with van der Waals surface area (Å²) in [5, 5.41) is 9.47. The molecule has 0 bridgehead atoms. The third-order valence-electron chi connectivity index (χ3n) is 1.89. The van der Waals surface area contributed by atoms with Crippen molar-refractivity contribution in [3.8, 4) is 0 Å². The number of alkyl halides is 2. The first-order chi connectivity index (χ1) is 7.08. The molecule has 0 aromatic carbocycles. The molecule has 0 fully saturated rings. The third-order valence-corrected chi connectivity index (χ3v) is 3.26. The molecule has 0 aliphatic carbocycles. The van der Waals surface area contributed by atoms with Crippen LogP contribution in [0.2, 0.25) is 5.15 Å². The number of aliphatic hydroxyl groups excluding tert-OH is 1. The number of pyridine rings is 1. The fourth-order valence-corrected chi connectivity index (χ4v) is 2.34. The number of hydrogen-bond acceptors (Lipinski definition) is 3. The topological polar surface area (TPSA) is 33.1 Å². The van der Waals surface area contributed by atoms with Crippen molar-refractivity contribution in [1.29, 1.82) is 0 Å². The second kappa shape index (κ2) is 4.00. The first-order valence-corrected chi connectivity index (χ1v) is 5.29. The molecule has 1 unspecified atom stereocenters. The number of hydrogen-bond donors (Lipinski definition) is 1. The van der Waals surface area contributed by atoms with E-state index in [1.54, 1.807) is 12.1 Å². The molecule has 0 amide bonds. The molecule has 0 radical (unpaired) electrons. The van der Waals surface area contributed by atoms with Crippen molar-refractivity contribution >= 4 is 33.2 Å². The van der Waals surface area contributed by atoms with Crippen molar-refractivity contribution in [2.45, 2.75) is 12.5 Å². The highest BCUT2D eigenvalue weighted by molar-refractivity contribution is 7.19. The lowest BCUT2D eigenvalue weighted by Crippen LogP contribution is -2.05. The number of thiophene rings is 1. The first-order valence-electron chi connectivity index (χ1n) is 4.10. The second-order valence-corrected chi connectivity index (χ2v) is 4.45. The summed E-state index contributed by atoms with van der Waals surface area (Å²) < 4.78 is 25.2. The molecule has 0 aliphatic heterocycles. The number of aliphatic hydroxyl groups is 1. The standard InChI is InChI=1S/C9H6ClF2NOS/c10-7-2-1-5-4(13-7)3-6(15-5)8(14)9(11)12/h1-3,8-9,14H. The van der Waals surface area contributed by atoms with E-state index in [2.05, 4.69) is 4.98 Å². The van der Waals surface area contributed by atoms with Crippen LogP contribution in [0.25, 0.3) is 10.2 Å². The zero-order valence-electron chi connectivity index (χ0n) is 7.32. The average molecular weight is 250 g/mol. The lowest BCUT2D eigenvalue weighted by atomic mass is 10.3. The molecule has 2 aromatic rings. The zero-order chi connectivity index (χ0) is 11.0. The van der Waals surface area contributed by atoms with Gasteiger partial charge in [-0.3, -0.25) is 0 Å². The van der Waals surface area contributed by atoms with Gasteiger partial charge in [0.05, 0.1) is 10.2 Å². The van der Waals surface area contributed by atoms with Gasteiger partial charge in [-0.25, -0.2) is 13.8 Å². The minimum Gasteiger partial charge on any atom is -0.382 e. The Balaban J connectivity index is 2.47. The van der Waals surface area contributed by atoms with Crippen molar-refractivity contribution in [2.75, 3.05) is 0 Å². The van der Waals surface area contributed by atoms with Crippen LogP contribution < -0.4 is 0 Å². The Kier molecular flexibility index (Phi) is 2.86. The Bertz CT molecular complexity index is 488. The fourth-order valence-electron chi connectivity index (χ4n) is 1.19. The van der Waals surface area contributed by atoms with Crippen molar-refractivity contribution in [3.63, 3.8) is 0 Å². The monoisotopic (exact) mass is 249 g/mol. The first kappa shape index (κ1) is 10.7. The largest absolute Gasteiger partial charge is 0.382 e. The summed E-state index contributed by atoms with van der Waals surface area (Å²) in [7, 11) is 0. The zero-order valence-corrected chi connectivity index (χ0v) is 8.90. The quantitative estimate of drug-likeness (QED) is 0.829. The van der Waals surface area contributed by atoms with Crippen molar-refractivity contribution in [1.82, 2.24) is 4.98 Å². The summed E-state index contributed by atoms with van der Waals surface area (Å²) in [5.74, 6) is 0. The predicted octanol–water partition coefficient (Wildman–Crippen LogP) is 3.25. The summed E-state index contributed by atoms with van der Waals surface area (Å²) in [4.78, 5) is 4.16. The number of fused-ring (bicyclic) bond motifs is 1. The molecule has 2 heterocycles. The minimum absolute atomic E-state index is 0.203. The van der Waals surface area contributed by atoms with Gasteiger partial charge in [-0.2, -0.15) is 0 Å². The van der Waals surface area contributed by atoms with Gasteiger partial charge >= 0.3 is 0 Å². The molecular weight excluding hydrogens is 244 g/mol. The van der Waals surface area contributed by atoms with Crippen LogP contribution in [0, 0.1) is 0 Å². The summed E-state index contributed by atoms with van der Waals surface area (Å²) in [6.07, 6.45) is -4.53. The van der Waals surface area contributed by atoms with E-state index >= 15 is 0 Å². The summed E-state index contributed by atoms with van der Waals surface area (Å²) in [5.41, 5.74) is 0.530. The Morgan fingerprint density at radius 1 is 1.40 bits per heavy atom. The molecule has 0 aliphatic rings. The SMILES string of the molecule is OC(c1cc2nc(Cl)ccc2s1)C(F)F. The van der Waals surface area contributed by atoms with Crippen LogP contribution in [-0.4, -0.2) is 16.5 Å². The summed E-state index contributed by atoms with van der Waals surface area (Å²) >= 11 is 6.74. The fraction of sp³-hybridized carbons (Fsp3) is 0.222. The van der Waals surface area contributed by atoms with Crippen LogP contribution in [0.4, 0.5) is 8.78 Å². The molecule has 0 saturated heterocycles. The van der Waals surface area contributed by atoms with E-state index in [9.17, 15) is 8.78 Å². The van der Waals surface area contributed by atoms with E-state index in [1.165, 1.54) is 6.07 Å². The maximum atomic E-state index is 12.2. The molecule has 6 heteroatoms. The molecule has 2 aromatic heterocycles. The maximum absolute atomic E-state index is 12.2. The van der Waals surface area contributed by atoms with Crippen LogP contribution in [0.3, 0.4) is 0 Å². The number of nitrogens with zero attached hydrogens (tertiary/aromatic N) is 1. The van der Waals surface area contributed by atoms with Crippen LogP contribution in [0.1, 0.15) is 11.0 Å². The van der Waals surface area contributed by atoms with E-state index in [4.69, 9.17) is 16.7 Å². The van der Waals surface area contributed by atoms with E-state index in [1.807, 2.05) is 0 Å². The summed E-state index contributed by atoms with van der Waals surface area (Å²) in [6, 6.07) is 4.71. The Morgan fingerprint density at radius 3 is 2.80 bits per heavy atom. The van der Waals surface area contributed by atoms with Crippen LogP contribution >= 0.6 is 22.9 Å². The molecule has 0 spiro atoms. The highest BCUT2D eigenvalue weighted by atomic mass is 35.5. The van der Waals surface area contributed by atoms with E-state index in [-0.39, 0.29) is 4.88 Å². The van der Waals surface area contributed by atoms with E-state index < -0.39 is 12.5 Å². The van der Waals surface area contributed by atoms with Gasteiger partial charge in [-0.15, -0.1) is 11.3 Å². The molecule has 2 nitrogen and oxygen atoms in total. The molecule has 80 valence electrons. The molecule has 2 rings (SSSR count). The van der Waals surface area contributed by atoms with Gasteiger partial charge in [0, 0.05) is 4.88 Å². The number of rotatable bonds is 2. The van der Waals surface area contributed by atoms with Crippen LogP contribution in [-0.2, 0) is 0 Å². The average Bonchev–Trinajstić information content (AvgIpc) is 2.58. The number of halogens is 3. The van der Waals surface area contributed by atoms with Gasteiger partial charge in [0.1, 0.15) is 11.3 Å². The van der Waals surface area contributed by atoms with E-state index in [0.717, 1.165) is 16.0 Å². The molecule has 15 heavy (non-hydrogen) atoms. The Labute approximate surface area is 93.1 Å². The van der Waals surface area contributed by atoms with Crippen LogP contribution in [0.15, 0.2) is 18.2 Å². The molecule has 1 N–H and O–H groups in total. The molecule has 1 atom stereocenters. The van der Waals surface area contributed by atoms with Gasteiger partial charge in [0.15, 0.2) is 0 Å². The van der Waals surface area contributed by atoms with Gasteiger partial charge in [-0.05, 0) is 18.2 Å².